The van der Waals surface area contributed by atoms with Gasteiger partial charge in [0.05, 0.1) is 12.5 Å². The molecule has 2 aliphatic heterocycles. The first kappa shape index (κ1) is 20.2. The van der Waals surface area contributed by atoms with Gasteiger partial charge in [-0.05, 0) is 55.8 Å². The van der Waals surface area contributed by atoms with Crippen molar-refractivity contribution in [2.24, 2.45) is 17.3 Å². The van der Waals surface area contributed by atoms with Gasteiger partial charge in [0.15, 0.2) is 0 Å². The number of carbonyl (C=O) groups excluding carboxylic acids is 2. The molecule has 1 aromatic carbocycles. The Morgan fingerprint density at radius 3 is 2.66 bits per heavy atom. The van der Waals surface area contributed by atoms with Crippen LogP contribution in [0, 0.1) is 17.3 Å². The number of nitrogens with zero attached hydrogens (tertiary/aromatic N) is 1. The van der Waals surface area contributed by atoms with Gasteiger partial charge in [-0.3, -0.25) is 9.59 Å². The van der Waals surface area contributed by atoms with E-state index in [9.17, 15) is 9.59 Å². The Hall–Kier alpha value is -2.08. The molecule has 29 heavy (non-hydrogen) atoms. The number of hydrogen-bond acceptors (Lipinski definition) is 4. The van der Waals surface area contributed by atoms with E-state index in [1.54, 1.807) is 7.11 Å². The lowest BCUT2D eigenvalue weighted by Gasteiger charge is -2.42. The molecule has 2 saturated heterocycles. The van der Waals surface area contributed by atoms with Crippen LogP contribution in [-0.4, -0.2) is 50.0 Å². The normalized spacial score (nSPS) is 27.3. The molecule has 6 nitrogen and oxygen atoms in total. The average Bonchev–Trinajstić information content (AvgIpc) is 3.22. The van der Waals surface area contributed by atoms with Gasteiger partial charge in [-0.1, -0.05) is 25.0 Å². The van der Waals surface area contributed by atoms with E-state index in [-0.39, 0.29) is 17.2 Å². The van der Waals surface area contributed by atoms with Crippen LogP contribution in [0.25, 0.3) is 0 Å². The zero-order chi connectivity index (χ0) is 20.3. The fourth-order valence-electron chi connectivity index (χ4n) is 5.40. The van der Waals surface area contributed by atoms with Gasteiger partial charge < -0.3 is 20.3 Å². The summed E-state index contributed by atoms with van der Waals surface area (Å²) in [6.45, 7) is 3.75. The minimum atomic E-state index is -0.179. The highest BCUT2D eigenvalue weighted by atomic mass is 16.5. The number of fused-ring (bicyclic) bond motifs is 1. The van der Waals surface area contributed by atoms with Crippen molar-refractivity contribution in [3.63, 3.8) is 0 Å². The summed E-state index contributed by atoms with van der Waals surface area (Å²) in [5, 5.41) is 6.53. The number of piperidine rings is 1. The highest BCUT2D eigenvalue weighted by Crippen LogP contribution is 2.45. The molecular formula is C23H33N3O3. The molecule has 4 rings (SSSR count). The van der Waals surface area contributed by atoms with E-state index >= 15 is 0 Å². The summed E-state index contributed by atoms with van der Waals surface area (Å²) in [5.74, 6) is 1.75. The second-order valence-electron chi connectivity index (χ2n) is 8.86. The molecular weight excluding hydrogens is 366 g/mol. The molecule has 0 spiro atoms. The number of hydrogen-bond donors (Lipinski definition) is 2. The molecule has 1 aromatic rings. The van der Waals surface area contributed by atoms with Gasteiger partial charge in [0.2, 0.25) is 11.8 Å². The third-order valence-electron chi connectivity index (χ3n) is 7.24. The number of benzene rings is 1. The standard InChI is InChI=1S/C23H33N3O3/c1-29-20-7-5-17(6-8-20)14-25-21(27)18-9-12-26(13-10-18)22(28)23-11-3-2-4-19(23)15-24-16-23/h5-8,18-19,24H,2-4,9-16H2,1H3,(H,25,27)/t19-,23+/m0/s1. The molecule has 158 valence electrons. The summed E-state index contributed by atoms with van der Waals surface area (Å²) in [4.78, 5) is 28.0. The number of rotatable bonds is 5. The van der Waals surface area contributed by atoms with Crippen LogP contribution in [0.1, 0.15) is 44.1 Å². The Morgan fingerprint density at radius 2 is 1.93 bits per heavy atom. The average molecular weight is 400 g/mol. The smallest absolute Gasteiger partial charge is 0.230 e. The molecule has 0 aromatic heterocycles. The Bertz CT molecular complexity index is 727. The topological polar surface area (TPSA) is 70.7 Å². The second-order valence-corrected chi connectivity index (χ2v) is 8.86. The van der Waals surface area contributed by atoms with Crippen LogP contribution < -0.4 is 15.4 Å². The monoisotopic (exact) mass is 399 g/mol. The highest BCUT2D eigenvalue weighted by Gasteiger charge is 2.51. The molecule has 0 radical (unpaired) electrons. The lowest BCUT2D eigenvalue weighted by Crippen LogP contribution is -2.52. The first-order valence-electron chi connectivity index (χ1n) is 11.0. The molecule has 6 heteroatoms. The van der Waals surface area contributed by atoms with Crippen LogP contribution in [0.5, 0.6) is 5.75 Å². The van der Waals surface area contributed by atoms with Gasteiger partial charge in [0, 0.05) is 32.1 Å². The van der Waals surface area contributed by atoms with Gasteiger partial charge >= 0.3 is 0 Å². The molecule has 1 aliphatic carbocycles. The van der Waals surface area contributed by atoms with Crippen molar-refractivity contribution in [2.45, 2.75) is 45.1 Å². The van der Waals surface area contributed by atoms with Crippen LogP contribution in [0.4, 0.5) is 0 Å². The van der Waals surface area contributed by atoms with Gasteiger partial charge in [-0.25, -0.2) is 0 Å². The van der Waals surface area contributed by atoms with Crippen molar-refractivity contribution >= 4 is 11.8 Å². The summed E-state index contributed by atoms with van der Waals surface area (Å²) in [6, 6.07) is 7.74. The van der Waals surface area contributed by atoms with E-state index in [1.165, 1.54) is 12.8 Å². The van der Waals surface area contributed by atoms with Crippen molar-refractivity contribution in [2.75, 3.05) is 33.3 Å². The van der Waals surface area contributed by atoms with Crippen molar-refractivity contribution in [3.8, 4) is 5.75 Å². The Kier molecular flexibility index (Phi) is 6.09. The maximum Gasteiger partial charge on any atom is 0.230 e. The molecule has 2 heterocycles. The third-order valence-corrected chi connectivity index (χ3v) is 7.24. The van der Waals surface area contributed by atoms with E-state index in [2.05, 4.69) is 10.6 Å². The van der Waals surface area contributed by atoms with Gasteiger partial charge in [-0.15, -0.1) is 0 Å². The van der Waals surface area contributed by atoms with Crippen molar-refractivity contribution in [1.29, 1.82) is 0 Å². The highest BCUT2D eigenvalue weighted by molar-refractivity contribution is 5.85. The molecule has 2 amide bonds. The lowest BCUT2D eigenvalue weighted by atomic mass is 9.67. The summed E-state index contributed by atoms with van der Waals surface area (Å²) < 4.78 is 5.17. The summed E-state index contributed by atoms with van der Waals surface area (Å²) >= 11 is 0. The van der Waals surface area contributed by atoms with Crippen molar-refractivity contribution in [3.05, 3.63) is 29.8 Å². The van der Waals surface area contributed by atoms with E-state index in [4.69, 9.17) is 4.74 Å². The number of ether oxygens (including phenoxy) is 1. The quantitative estimate of drug-likeness (QED) is 0.797. The molecule has 2 N–H and O–H groups in total. The van der Waals surface area contributed by atoms with Crippen LogP contribution in [0.3, 0.4) is 0 Å². The van der Waals surface area contributed by atoms with Crippen LogP contribution in [0.15, 0.2) is 24.3 Å². The van der Waals surface area contributed by atoms with Gasteiger partial charge in [0.25, 0.3) is 0 Å². The Morgan fingerprint density at radius 1 is 1.17 bits per heavy atom. The maximum absolute atomic E-state index is 13.4. The maximum atomic E-state index is 13.4. The predicted molar refractivity (Wildman–Crippen MR) is 111 cm³/mol. The Labute approximate surface area is 173 Å². The van der Waals surface area contributed by atoms with Crippen LogP contribution >= 0.6 is 0 Å². The molecule has 0 bridgehead atoms. The SMILES string of the molecule is COc1ccc(CNC(=O)C2CCN(C(=O)[C@@]34CCCC[C@H]3CNC4)CC2)cc1. The number of methoxy groups -OCH3 is 1. The molecule has 3 aliphatic rings. The largest absolute Gasteiger partial charge is 0.497 e. The van der Waals surface area contributed by atoms with E-state index < -0.39 is 0 Å². The zero-order valence-corrected chi connectivity index (χ0v) is 17.4. The van der Waals surface area contributed by atoms with E-state index in [0.717, 1.165) is 50.1 Å². The fourth-order valence-corrected chi connectivity index (χ4v) is 5.40. The summed E-state index contributed by atoms with van der Waals surface area (Å²) in [5.41, 5.74) is 0.879. The second kappa shape index (κ2) is 8.74. The minimum Gasteiger partial charge on any atom is -0.497 e. The third kappa shape index (κ3) is 4.13. The lowest BCUT2D eigenvalue weighted by molar-refractivity contribution is -0.148. The first-order valence-corrected chi connectivity index (χ1v) is 11.0. The van der Waals surface area contributed by atoms with Crippen molar-refractivity contribution < 1.29 is 14.3 Å². The zero-order valence-electron chi connectivity index (χ0n) is 17.4. The number of carbonyl (C=O) groups is 2. The molecule has 2 atom stereocenters. The fraction of sp³-hybridized carbons (Fsp3) is 0.652. The number of amides is 2. The first-order chi connectivity index (χ1) is 14.1. The van der Waals surface area contributed by atoms with Crippen LogP contribution in [-0.2, 0) is 16.1 Å². The van der Waals surface area contributed by atoms with Gasteiger partial charge in [0.1, 0.15) is 5.75 Å². The number of likely N-dealkylation sites (tertiary alicyclic amines) is 1. The Balaban J connectivity index is 1.27. The molecule has 1 saturated carbocycles. The summed E-state index contributed by atoms with van der Waals surface area (Å²) in [6.07, 6.45) is 6.11. The van der Waals surface area contributed by atoms with Crippen LogP contribution in [0.2, 0.25) is 0 Å². The van der Waals surface area contributed by atoms with E-state index in [1.807, 2.05) is 29.2 Å². The van der Waals surface area contributed by atoms with E-state index in [0.29, 0.717) is 31.5 Å². The molecule has 3 fully saturated rings. The summed E-state index contributed by atoms with van der Waals surface area (Å²) in [7, 11) is 1.64. The predicted octanol–water partition coefficient (Wildman–Crippen LogP) is 2.33. The van der Waals surface area contributed by atoms with Crippen molar-refractivity contribution in [1.82, 2.24) is 15.5 Å². The van der Waals surface area contributed by atoms with Gasteiger partial charge in [-0.2, -0.15) is 0 Å². The minimum absolute atomic E-state index is 0.00125. The number of nitrogens with one attached hydrogen (secondary N) is 2. The molecule has 0 unspecified atom stereocenters.